The highest BCUT2D eigenvalue weighted by atomic mass is 35.5. The fourth-order valence-corrected chi connectivity index (χ4v) is 5.76. The topological polar surface area (TPSA) is 90.3 Å². The van der Waals surface area contributed by atoms with E-state index in [0.29, 0.717) is 35.6 Å². The molecule has 0 spiro atoms. The van der Waals surface area contributed by atoms with Gasteiger partial charge in [-0.2, -0.15) is 31.4 Å². The smallest absolute Gasteiger partial charge is 0.419 e. The van der Waals surface area contributed by atoms with Gasteiger partial charge in [0.1, 0.15) is 23.2 Å². The van der Waals surface area contributed by atoms with Gasteiger partial charge in [0.25, 0.3) is 5.56 Å². The molecule has 1 aromatic heterocycles. The van der Waals surface area contributed by atoms with E-state index < -0.39 is 88.2 Å². The van der Waals surface area contributed by atoms with Crippen LogP contribution in [0.1, 0.15) is 78.9 Å². The molecule has 1 N–H and O–H groups in total. The number of rotatable bonds is 15. The van der Waals surface area contributed by atoms with Crippen LogP contribution in [0.2, 0.25) is 5.15 Å². The van der Waals surface area contributed by atoms with Gasteiger partial charge in [0.2, 0.25) is 5.91 Å². The molecule has 51 heavy (non-hydrogen) atoms. The Morgan fingerprint density at radius 3 is 2.25 bits per heavy atom. The van der Waals surface area contributed by atoms with Gasteiger partial charge in [-0.1, -0.05) is 23.8 Å². The van der Waals surface area contributed by atoms with E-state index in [9.17, 15) is 45.1 Å². The molecular formula is C35H34ClF8N3O4. The van der Waals surface area contributed by atoms with Gasteiger partial charge < -0.3 is 10.1 Å². The SMILES string of the molecule is C=CCCCCc1cc(F)cc(C)c1-c1cc([C@H](CC(=O)OCC)NC(=O)[C@H](CC=C)n2nc(Cl)c(C(F)(F)F)cc2=O)c(F)c(C(F)(F)F)c1. The molecule has 2 aromatic carbocycles. The lowest BCUT2D eigenvalue weighted by molar-refractivity contribution is -0.144. The van der Waals surface area contributed by atoms with Crippen LogP contribution in [-0.4, -0.2) is 28.3 Å². The molecule has 0 unspecified atom stereocenters. The molecule has 0 aliphatic carbocycles. The second-order valence-corrected chi connectivity index (χ2v) is 11.8. The zero-order valence-electron chi connectivity index (χ0n) is 27.5. The zero-order chi connectivity index (χ0) is 38.3. The fourth-order valence-electron chi connectivity index (χ4n) is 5.52. The van der Waals surface area contributed by atoms with E-state index in [1.54, 1.807) is 6.08 Å². The van der Waals surface area contributed by atoms with Crippen LogP contribution in [0.25, 0.3) is 11.1 Å². The third kappa shape index (κ3) is 10.3. The molecular weight excluding hydrogens is 714 g/mol. The van der Waals surface area contributed by atoms with Crippen LogP contribution in [0.5, 0.6) is 0 Å². The number of nitrogens with one attached hydrogen (secondary N) is 1. The standard InChI is InChI=1S/C35H34ClF8N3O4/c1-5-8-9-10-12-20-14-22(37)13-19(4)30(20)21-15-23(31(38)24(16-21)34(39,40)41)26(18-29(49)51-7-3)45-33(50)27(11-6-2)47-28(48)17-25(32(36)46-47)35(42,43)44/h5-6,13-17,26-27H,1-2,7-12,18H2,3-4H3,(H,45,50)/t26-,27-/m0/s1. The number of benzene rings is 2. The predicted molar refractivity (Wildman–Crippen MR) is 174 cm³/mol. The number of aromatic nitrogens is 2. The van der Waals surface area contributed by atoms with Crippen molar-refractivity contribution in [3.05, 3.63) is 111 Å². The van der Waals surface area contributed by atoms with Crippen molar-refractivity contribution in [3.8, 4) is 11.1 Å². The number of hydrogen-bond acceptors (Lipinski definition) is 5. The van der Waals surface area contributed by atoms with E-state index in [-0.39, 0.29) is 35.8 Å². The summed E-state index contributed by atoms with van der Waals surface area (Å²) in [6.07, 6.45) is -6.95. The van der Waals surface area contributed by atoms with E-state index >= 15 is 4.39 Å². The van der Waals surface area contributed by atoms with Crippen molar-refractivity contribution in [2.75, 3.05) is 6.61 Å². The number of alkyl halides is 6. The molecule has 0 bridgehead atoms. The van der Waals surface area contributed by atoms with Gasteiger partial charge in [-0.3, -0.25) is 14.4 Å². The van der Waals surface area contributed by atoms with E-state index in [0.717, 1.165) is 24.3 Å². The van der Waals surface area contributed by atoms with Crippen molar-refractivity contribution in [1.82, 2.24) is 15.1 Å². The van der Waals surface area contributed by atoms with E-state index in [4.69, 9.17) is 16.3 Å². The van der Waals surface area contributed by atoms with E-state index in [1.165, 1.54) is 13.8 Å². The first kappa shape index (κ1) is 40.9. The number of unbranched alkanes of at least 4 members (excludes halogenated alkanes) is 2. The summed E-state index contributed by atoms with van der Waals surface area (Å²) >= 11 is 5.69. The molecule has 0 fully saturated rings. The van der Waals surface area contributed by atoms with Crippen LogP contribution in [0, 0.1) is 18.6 Å². The average Bonchev–Trinajstić information content (AvgIpc) is 3.01. The Kier molecular flexibility index (Phi) is 13.7. The first-order valence-electron chi connectivity index (χ1n) is 15.6. The number of amides is 1. The van der Waals surface area contributed by atoms with Gasteiger partial charge in [-0.25, -0.2) is 13.5 Å². The highest BCUT2D eigenvalue weighted by Crippen LogP contribution is 2.41. The van der Waals surface area contributed by atoms with Crippen LogP contribution < -0.4 is 10.9 Å². The molecule has 0 saturated heterocycles. The number of halogens is 9. The molecule has 16 heteroatoms. The molecule has 0 radical (unpaired) electrons. The average molecular weight is 748 g/mol. The lowest BCUT2D eigenvalue weighted by atomic mass is 9.88. The number of hydrogen-bond donors (Lipinski definition) is 1. The number of ether oxygens (including phenoxy) is 1. The van der Waals surface area contributed by atoms with Crippen molar-refractivity contribution in [3.63, 3.8) is 0 Å². The van der Waals surface area contributed by atoms with Gasteiger partial charge >= 0.3 is 18.3 Å². The number of esters is 1. The van der Waals surface area contributed by atoms with Crippen LogP contribution >= 0.6 is 11.6 Å². The number of carbonyl (C=O) groups is 2. The van der Waals surface area contributed by atoms with Gasteiger partial charge in [-0.05, 0) is 92.5 Å². The molecule has 0 saturated carbocycles. The summed E-state index contributed by atoms with van der Waals surface area (Å²) < 4.78 is 119. The van der Waals surface area contributed by atoms with Crippen molar-refractivity contribution in [1.29, 1.82) is 0 Å². The Bertz CT molecular complexity index is 1840. The Morgan fingerprint density at radius 1 is 1.00 bits per heavy atom. The summed E-state index contributed by atoms with van der Waals surface area (Å²) in [5.74, 6) is -4.81. The summed E-state index contributed by atoms with van der Waals surface area (Å²) in [6, 6.07) is 0.207. The molecule has 0 aliphatic heterocycles. The first-order chi connectivity index (χ1) is 23.8. The number of allylic oxidation sites excluding steroid dienone is 2. The molecule has 1 heterocycles. The summed E-state index contributed by atoms with van der Waals surface area (Å²) in [7, 11) is 0. The number of carbonyl (C=O) groups excluding carboxylic acids is 2. The highest BCUT2D eigenvalue weighted by molar-refractivity contribution is 6.30. The van der Waals surface area contributed by atoms with E-state index in [1.807, 2.05) is 0 Å². The van der Waals surface area contributed by atoms with Crippen LogP contribution in [0.3, 0.4) is 0 Å². The Labute approximate surface area is 292 Å². The van der Waals surface area contributed by atoms with Crippen molar-refractivity contribution in [2.24, 2.45) is 0 Å². The van der Waals surface area contributed by atoms with Crippen LogP contribution in [0.15, 0.2) is 60.4 Å². The monoisotopic (exact) mass is 747 g/mol. The third-order valence-corrected chi connectivity index (χ3v) is 8.03. The van der Waals surface area contributed by atoms with Crippen molar-refractivity contribution in [2.45, 2.75) is 76.8 Å². The molecule has 1 amide bonds. The van der Waals surface area contributed by atoms with Crippen molar-refractivity contribution < 1.29 is 49.4 Å². The van der Waals surface area contributed by atoms with Gasteiger partial charge in [0.15, 0.2) is 5.15 Å². The highest BCUT2D eigenvalue weighted by Gasteiger charge is 2.39. The molecule has 276 valence electrons. The van der Waals surface area contributed by atoms with Gasteiger partial charge in [-0.15, -0.1) is 13.2 Å². The predicted octanol–water partition coefficient (Wildman–Crippen LogP) is 9.01. The molecule has 0 aliphatic rings. The number of aryl methyl sites for hydroxylation is 2. The lowest BCUT2D eigenvalue weighted by Crippen LogP contribution is -2.41. The van der Waals surface area contributed by atoms with Crippen LogP contribution in [0.4, 0.5) is 35.1 Å². The van der Waals surface area contributed by atoms with Gasteiger partial charge in [0, 0.05) is 11.6 Å². The van der Waals surface area contributed by atoms with Crippen molar-refractivity contribution >= 4 is 23.5 Å². The molecule has 7 nitrogen and oxygen atoms in total. The Balaban J connectivity index is 2.26. The maximum Gasteiger partial charge on any atom is 0.419 e. The lowest BCUT2D eigenvalue weighted by Gasteiger charge is -2.25. The Hall–Kier alpha value is -4.53. The normalized spacial score (nSPS) is 13.0. The first-order valence-corrected chi connectivity index (χ1v) is 16.0. The van der Waals surface area contributed by atoms with E-state index in [2.05, 4.69) is 23.6 Å². The fraction of sp³-hybridized carbons (Fsp3) is 0.371. The quantitative estimate of drug-likeness (QED) is 0.0726. The largest absolute Gasteiger partial charge is 0.466 e. The summed E-state index contributed by atoms with van der Waals surface area (Å²) in [6.45, 7) is 9.78. The minimum Gasteiger partial charge on any atom is -0.466 e. The number of nitrogens with zero attached hydrogens (tertiary/aromatic N) is 2. The second kappa shape index (κ2) is 17.1. The molecule has 3 rings (SSSR count). The Morgan fingerprint density at radius 2 is 1.67 bits per heavy atom. The minimum absolute atomic E-state index is 0.105. The molecule has 3 aromatic rings. The third-order valence-electron chi connectivity index (χ3n) is 7.75. The van der Waals surface area contributed by atoms with Gasteiger partial charge in [0.05, 0.1) is 24.6 Å². The second-order valence-electron chi connectivity index (χ2n) is 11.5. The maximum absolute atomic E-state index is 16.0. The maximum atomic E-state index is 16.0. The summed E-state index contributed by atoms with van der Waals surface area (Å²) in [4.78, 5) is 39.1. The minimum atomic E-state index is -5.29. The zero-order valence-corrected chi connectivity index (χ0v) is 28.2. The van der Waals surface area contributed by atoms with Crippen LogP contribution in [-0.2, 0) is 33.1 Å². The molecule has 2 atom stereocenters. The summed E-state index contributed by atoms with van der Waals surface area (Å²) in [5, 5.41) is 4.49. The summed E-state index contributed by atoms with van der Waals surface area (Å²) in [5.41, 5.74) is -5.06.